The zero-order valence-electron chi connectivity index (χ0n) is 12.8. The summed E-state index contributed by atoms with van der Waals surface area (Å²) in [5.41, 5.74) is -0.664. The highest BCUT2D eigenvalue weighted by Gasteiger charge is 2.37. The van der Waals surface area contributed by atoms with Gasteiger partial charge < -0.3 is 20.1 Å². The normalized spacial score (nSPS) is 12.7. The lowest BCUT2D eigenvalue weighted by Crippen LogP contribution is -2.22. The second kappa shape index (κ2) is 5.49. The number of carbonyl (C=O) groups is 3. The highest BCUT2D eigenvalue weighted by atomic mass is 16.3. The zero-order chi connectivity index (χ0) is 17.6. The summed E-state index contributed by atoms with van der Waals surface area (Å²) in [5, 5.41) is 30.5. The Morgan fingerprint density at radius 2 is 1.67 bits per heavy atom. The average Bonchev–Trinajstić information content (AvgIpc) is 2.52. The molecule has 0 saturated carbocycles. The number of phenols is 3. The Morgan fingerprint density at radius 3 is 2.33 bits per heavy atom. The summed E-state index contributed by atoms with van der Waals surface area (Å²) in [7, 11) is 0. The van der Waals surface area contributed by atoms with E-state index in [0.29, 0.717) is 0 Å². The molecule has 122 valence electrons. The zero-order valence-corrected chi connectivity index (χ0v) is 12.8. The van der Waals surface area contributed by atoms with Crippen LogP contribution in [0.2, 0.25) is 0 Å². The second-order valence-electron chi connectivity index (χ2n) is 5.71. The van der Waals surface area contributed by atoms with E-state index in [1.807, 2.05) is 0 Å². The van der Waals surface area contributed by atoms with Crippen LogP contribution in [0.1, 0.15) is 50.8 Å². The van der Waals surface area contributed by atoms with Crippen LogP contribution in [0.5, 0.6) is 17.2 Å². The van der Waals surface area contributed by atoms with Crippen LogP contribution in [0, 0.1) is 0 Å². The van der Waals surface area contributed by atoms with E-state index in [1.165, 1.54) is 31.2 Å². The topological polar surface area (TPSA) is 112 Å². The Labute approximate surface area is 137 Å². The van der Waals surface area contributed by atoms with E-state index in [-0.39, 0.29) is 52.2 Å². The van der Waals surface area contributed by atoms with Crippen molar-refractivity contribution in [2.75, 3.05) is 0 Å². The molecule has 0 atom stereocenters. The Balaban J connectivity index is 2.24. The molecule has 0 aromatic heterocycles. The van der Waals surface area contributed by atoms with Crippen molar-refractivity contribution < 1.29 is 29.7 Å². The molecule has 2 aromatic rings. The summed E-state index contributed by atoms with van der Waals surface area (Å²) >= 11 is 0. The molecule has 0 amide bonds. The van der Waals surface area contributed by atoms with Gasteiger partial charge in [-0.3, -0.25) is 9.59 Å². The summed E-state index contributed by atoms with van der Waals surface area (Å²) in [5.74, 6) is -2.76. The first-order valence-corrected chi connectivity index (χ1v) is 7.31. The fraction of sp³-hybridized carbons (Fsp3) is 0.167. The van der Waals surface area contributed by atoms with Crippen molar-refractivity contribution in [3.05, 3.63) is 52.1 Å². The molecular weight excluding hydrogens is 312 g/mol. The van der Waals surface area contributed by atoms with Crippen molar-refractivity contribution >= 4 is 17.3 Å². The monoisotopic (exact) mass is 326 g/mol. The van der Waals surface area contributed by atoms with Gasteiger partial charge in [0.1, 0.15) is 23.0 Å². The second-order valence-corrected chi connectivity index (χ2v) is 5.71. The summed E-state index contributed by atoms with van der Waals surface area (Å²) in [6.07, 6.45) is 0.243. The number of Topliss-reactive ketones (excluding diaryl/α,β-unsaturated/α-hetero) is 1. The van der Waals surface area contributed by atoms with Gasteiger partial charge in [0.05, 0.1) is 16.7 Å². The van der Waals surface area contributed by atoms with Crippen LogP contribution in [-0.4, -0.2) is 32.7 Å². The first kappa shape index (κ1) is 15.7. The van der Waals surface area contributed by atoms with Gasteiger partial charge in [0.2, 0.25) is 5.78 Å². The number of benzene rings is 2. The van der Waals surface area contributed by atoms with Gasteiger partial charge in [0.25, 0.3) is 0 Å². The van der Waals surface area contributed by atoms with Crippen LogP contribution < -0.4 is 0 Å². The Kier molecular flexibility index (Phi) is 3.60. The van der Waals surface area contributed by atoms with E-state index in [9.17, 15) is 29.7 Å². The van der Waals surface area contributed by atoms with E-state index >= 15 is 0 Å². The number of aromatic hydroxyl groups is 3. The molecule has 0 spiro atoms. The fourth-order valence-electron chi connectivity index (χ4n) is 2.89. The number of hydrogen-bond acceptors (Lipinski definition) is 6. The number of hydrogen-bond donors (Lipinski definition) is 3. The van der Waals surface area contributed by atoms with Crippen LogP contribution in [0.25, 0.3) is 0 Å². The van der Waals surface area contributed by atoms with Crippen LogP contribution >= 0.6 is 0 Å². The molecule has 0 fully saturated rings. The van der Waals surface area contributed by atoms with Crippen LogP contribution in [0.3, 0.4) is 0 Å². The number of ketones is 3. The lowest BCUT2D eigenvalue weighted by molar-refractivity contribution is -0.116. The molecule has 3 rings (SSSR count). The van der Waals surface area contributed by atoms with Crippen molar-refractivity contribution in [2.24, 2.45) is 0 Å². The molecule has 1 aliphatic rings. The van der Waals surface area contributed by atoms with E-state index in [4.69, 9.17) is 0 Å². The Hall–Kier alpha value is -3.15. The molecule has 0 unspecified atom stereocenters. The first-order chi connectivity index (χ1) is 11.3. The van der Waals surface area contributed by atoms with Gasteiger partial charge in [-0.1, -0.05) is 12.1 Å². The van der Waals surface area contributed by atoms with Gasteiger partial charge in [-0.2, -0.15) is 0 Å². The highest BCUT2D eigenvalue weighted by Crippen LogP contribution is 2.42. The van der Waals surface area contributed by atoms with Gasteiger partial charge in [0, 0.05) is 12.0 Å². The highest BCUT2D eigenvalue weighted by molar-refractivity contribution is 6.31. The molecular formula is C18H14O6. The van der Waals surface area contributed by atoms with E-state index in [0.717, 1.165) is 0 Å². The molecule has 0 heterocycles. The molecule has 0 radical (unpaired) electrons. The van der Waals surface area contributed by atoms with Gasteiger partial charge in [-0.15, -0.1) is 0 Å². The lowest BCUT2D eigenvalue weighted by atomic mass is 9.81. The summed E-state index contributed by atoms with van der Waals surface area (Å²) < 4.78 is 0. The van der Waals surface area contributed by atoms with Gasteiger partial charge in [-0.25, -0.2) is 0 Å². The predicted octanol–water partition coefficient (Wildman–Crippen LogP) is 2.10. The third-order valence-corrected chi connectivity index (χ3v) is 4.07. The van der Waals surface area contributed by atoms with Gasteiger partial charge >= 0.3 is 0 Å². The Bertz CT molecular complexity index is 910. The van der Waals surface area contributed by atoms with Crippen molar-refractivity contribution in [3.63, 3.8) is 0 Å². The maximum Gasteiger partial charge on any atom is 0.202 e. The maximum atomic E-state index is 12.7. The number of aryl methyl sites for hydroxylation is 1. The largest absolute Gasteiger partial charge is 0.507 e. The molecule has 3 N–H and O–H groups in total. The summed E-state index contributed by atoms with van der Waals surface area (Å²) in [6, 6.07) is 5.25. The lowest BCUT2D eigenvalue weighted by Gasteiger charge is -2.21. The van der Waals surface area contributed by atoms with E-state index in [2.05, 4.69) is 0 Å². The van der Waals surface area contributed by atoms with Crippen LogP contribution in [0.4, 0.5) is 0 Å². The first-order valence-electron chi connectivity index (χ1n) is 7.31. The average molecular weight is 326 g/mol. The number of phenolic OH excluding ortho intramolecular Hbond substituents is 3. The summed E-state index contributed by atoms with van der Waals surface area (Å²) in [6.45, 7) is 1.39. The van der Waals surface area contributed by atoms with Crippen molar-refractivity contribution in [2.45, 2.75) is 19.8 Å². The van der Waals surface area contributed by atoms with Crippen molar-refractivity contribution in [3.8, 4) is 17.2 Å². The molecule has 1 aliphatic carbocycles. The van der Waals surface area contributed by atoms with E-state index in [1.54, 1.807) is 0 Å². The van der Waals surface area contributed by atoms with Crippen LogP contribution in [-0.2, 0) is 11.2 Å². The molecule has 0 bridgehead atoms. The maximum absolute atomic E-state index is 12.7. The third-order valence-electron chi connectivity index (χ3n) is 4.07. The minimum absolute atomic E-state index is 0.0290. The molecule has 24 heavy (non-hydrogen) atoms. The minimum atomic E-state index is -0.741. The SMILES string of the molecule is CC(=O)CCc1cc(O)c2c(c1O)C(=O)c1c(O)cccc1C2=O. The number of rotatable bonds is 3. The minimum Gasteiger partial charge on any atom is -0.507 e. The van der Waals surface area contributed by atoms with Gasteiger partial charge in [0.15, 0.2) is 5.78 Å². The number of carbonyl (C=O) groups excluding carboxylic acids is 3. The third kappa shape index (κ3) is 2.23. The standard InChI is InChI=1S/C18H14O6/c1-8(19)5-6-9-7-12(21)14-15(16(9)22)18(24)13-10(17(14)23)3-2-4-11(13)20/h2-4,7,20-22H,5-6H2,1H3. The Morgan fingerprint density at radius 1 is 0.958 bits per heavy atom. The molecule has 6 heteroatoms. The van der Waals surface area contributed by atoms with E-state index < -0.39 is 23.1 Å². The smallest absolute Gasteiger partial charge is 0.202 e. The number of fused-ring (bicyclic) bond motifs is 2. The van der Waals surface area contributed by atoms with Crippen LogP contribution in [0.15, 0.2) is 24.3 Å². The molecule has 0 saturated heterocycles. The molecule has 0 aliphatic heterocycles. The van der Waals surface area contributed by atoms with Crippen molar-refractivity contribution in [1.82, 2.24) is 0 Å². The summed E-state index contributed by atoms with van der Waals surface area (Å²) in [4.78, 5) is 36.4. The van der Waals surface area contributed by atoms with Gasteiger partial charge in [-0.05, 0) is 31.0 Å². The van der Waals surface area contributed by atoms with Crippen molar-refractivity contribution in [1.29, 1.82) is 0 Å². The predicted molar refractivity (Wildman–Crippen MR) is 83.7 cm³/mol. The molecule has 2 aromatic carbocycles. The molecule has 6 nitrogen and oxygen atoms in total. The quantitative estimate of drug-likeness (QED) is 0.636. The fourth-order valence-corrected chi connectivity index (χ4v) is 2.89.